The van der Waals surface area contributed by atoms with Gasteiger partial charge < -0.3 is 5.11 Å². The molecule has 0 radical (unpaired) electrons. The van der Waals surface area contributed by atoms with Crippen LogP contribution < -0.4 is 0 Å². The largest absolute Gasteiger partial charge is 0.381 e. The second-order valence-corrected chi connectivity index (χ2v) is 3.22. The SMILES string of the molecule is OCN1CCN(C2CC2)C1. The van der Waals surface area contributed by atoms with Crippen LogP contribution in [0.3, 0.4) is 0 Å². The van der Waals surface area contributed by atoms with Crippen molar-refractivity contribution in [3.63, 3.8) is 0 Å². The number of hydrogen-bond acceptors (Lipinski definition) is 3. The maximum atomic E-state index is 8.79. The Labute approximate surface area is 61.2 Å². The predicted molar refractivity (Wildman–Crippen MR) is 38.4 cm³/mol. The van der Waals surface area contributed by atoms with Crippen molar-refractivity contribution in [3.05, 3.63) is 0 Å². The minimum absolute atomic E-state index is 0.225. The average molecular weight is 142 g/mol. The van der Waals surface area contributed by atoms with Gasteiger partial charge in [-0.05, 0) is 12.8 Å². The highest BCUT2D eigenvalue weighted by Gasteiger charge is 2.32. The van der Waals surface area contributed by atoms with E-state index in [0.29, 0.717) is 0 Å². The normalized spacial score (nSPS) is 29.7. The zero-order chi connectivity index (χ0) is 6.97. The van der Waals surface area contributed by atoms with Crippen molar-refractivity contribution in [3.8, 4) is 0 Å². The first kappa shape index (κ1) is 6.58. The second-order valence-electron chi connectivity index (χ2n) is 3.22. The van der Waals surface area contributed by atoms with Crippen LogP contribution in [0, 0.1) is 0 Å². The zero-order valence-corrected chi connectivity index (χ0v) is 6.16. The summed E-state index contributed by atoms with van der Waals surface area (Å²) in [4.78, 5) is 4.52. The van der Waals surface area contributed by atoms with Crippen molar-refractivity contribution < 1.29 is 5.11 Å². The fraction of sp³-hybridized carbons (Fsp3) is 1.00. The van der Waals surface area contributed by atoms with E-state index in [2.05, 4.69) is 9.80 Å². The van der Waals surface area contributed by atoms with Crippen molar-refractivity contribution in [1.29, 1.82) is 0 Å². The minimum Gasteiger partial charge on any atom is -0.381 e. The molecule has 2 aliphatic rings. The quantitative estimate of drug-likeness (QED) is 0.572. The van der Waals surface area contributed by atoms with Crippen LogP contribution in [0.4, 0.5) is 0 Å². The molecule has 0 atom stereocenters. The first-order chi connectivity index (χ1) is 4.90. The summed E-state index contributed by atoms with van der Waals surface area (Å²) in [6, 6.07) is 0.858. The average Bonchev–Trinajstić information content (AvgIpc) is 2.70. The first-order valence-electron chi connectivity index (χ1n) is 3.97. The van der Waals surface area contributed by atoms with Crippen LogP contribution in [0.5, 0.6) is 0 Å². The molecular weight excluding hydrogens is 128 g/mol. The molecule has 3 heteroatoms. The molecule has 1 saturated carbocycles. The number of rotatable bonds is 2. The Morgan fingerprint density at radius 3 is 2.60 bits per heavy atom. The van der Waals surface area contributed by atoms with E-state index in [4.69, 9.17) is 5.11 Å². The molecule has 2 fully saturated rings. The molecule has 0 spiro atoms. The summed E-state index contributed by atoms with van der Waals surface area (Å²) in [6.45, 7) is 3.42. The molecule has 0 unspecified atom stereocenters. The summed E-state index contributed by atoms with van der Waals surface area (Å²) in [5, 5.41) is 8.79. The zero-order valence-electron chi connectivity index (χ0n) is 6.16. The molecule has 0 aromatic carbocycles. The molecule has 58 valence electrons. The smallest absolute Gasteiger partial charge is 0.0967 e. The maximum absolute atomic E-state index is 8.79. The first-order valence-corrected chi connectivity index (χ1v) is 3.97. The van der Waals surface area contributed by atoms with Gasteiger partial charge in [0.05, 0.1) is 13.4 Å². The van der Waals surface area contributed by atoms with Crippen molar-refractivity contribution in [2.75, 3.05) is 26.5 Å². The van der Waals surface area contributed by atoms with Gasteiger partial charge in [0, 0.05) is 19.1 Å². The van der Waals surface area contributed by atoms with Crippen LogP contribution in [0.15, 0.2) is 0 Å². The highest BCUT2D eigenvalue weighted by atomic mass is 16.3. The van der Waals surface area contributed by atoms with Gasteiger partial charge in [-0.15, -0.1) is 0 Å². The molecule has 1 aliphatic carbocycles. The molecular formula is C7H14N2O. The van der Waals surface area contributed by atoms with Crippen molar-refractivity contribution in [2.45, 2.75) is 18.9 Å². The van der Waals surface area contributed by atoms with E-state index >= 15 is 0 Å². The summed E-state index contributed by atoms with van der Waals surface area (Å²) in [5.41, 5.74) is 0. The topological polar surface area (TPSA) is 26.7 Å². The van der Waals surface area contributed by atoms with E-state index in [1.54, 1.807) is 0 Å². The third-order valence-corrected chi connectivity index (χ3v) is 2.35. The summed E-state index contributed by atoms with van der Waals surface area (Å²) in [5.74, 6) is 0. The number of aliphatic hydroxyl groups excluding tert-OH is 1. The molecule has 0 aromatic rings. The Morgan fingerprint density at radius 2 is 2.10 bits per heavy atom. The summed E-state index contributed by atoms with van der Waals surface area (Å²) in [7, 11) is 0. The van der Waals surface area contributed by atoms with Gasteiger partial charge in [0.15, 0.2) is 0 Å². The van der Waals surface area contributed by atoms with E-state index in [0.717, 1.165) is 25.8 Å². The van der Waals surface area contributed by atoms with Gasteiger partial charge in [-0.1, -0.05) is 0 Å². The second kappa shape index (κ2) is 2.49. The lowest BCUT2D eigenvalue weighted by molar-refractivity contribution is 0.110. The molecule has 2 rings (SSSR count). The number of hydrogen-bond donors (Lipinski definition) is 1. The van der Waals surface area contributed by atoms with Gasteiger partial charge in [0.1, 0.15) is 0 Å². The van der Waals surface area contributed by atoms with E-state index < -0.39 is 0 Å². The minimum atomic E-state index is 0.225. The van der Waals surface area contributed by atoms with E-state index in [1.807, 2.05) is 0 Å². The summed E-state index contributed by atoms with van der Waals surface area (Å²) in [6.07, 6.45) is 2.75. The van der Waals surface area contributed by atoms with Crippen LogP contribution in [0.1, 0.15) is 12.8 Å². The summed E-state index contributed by atoms with van der Waals surface area (Å²) < 4.78 is 0. The maximum Gasteiger partial charge on any atom is 0.0967 e. The molecule has 3 nitrogen and oxygen atoms in total. The molecule has 1 N–H and O–H groups in total. The Balaban J connectivity index is 1.81. The van der Waals surface area contributed by atoms with E-state index in [-0.39, 0.29) is 6.73 Å². The van der Waals surface area contributed by atoms with Crippen LogP contribution >= 0.6 is 0 Å². The Morgan fingerprint density at radius 1 is 1.30 bits per heavy atom. The van der Waals surface area contributed by atoms with Gasteiger partial charge >= 0.3 is 0 Å². The van der Waals surface area contributed by atoms with Crippen molar-refractivity contribution in [2.24, 2.45) is 0 Å². The van der Waals surface area contributed by atoms with Gasteiger partial charge in [0.25, 0.3) is 0 Å². The van der Waals surface area contributed by atoms with Crippen LogP contribution in [0.2, 0.25) is 0 Å². The third kappa shape index (κ3) is 1.17. The highest BCUT2D eigenvalue weighted by molar-refractivity contribution is 4.87. The van der Waals surface area contributed by atoms with Crippen LogP contribution in [-0.2, 0) is 0 Å². The Hall–Kier alpha value is -0.120. The molecule has 0 amide bonds. The molecule has 1 aliphatic heterocycles. The monoisotopic (exact) mass is 142 g/mol. The Kier molecular flexibility index (Phi) is 1.64. The van der Waals surface area contributed by atoms with Crippen molar-refractivity contribution in [1.82, 2.24) is 9.80 Å². The fourth-order valence-corrected chi connectivity index (χ4v) is 1.52. The van der Waals surface area contributed by atoms with Crippen LogP contribution in [-0.4, -0.2) is 47.4 Å². The van der Waals surface area contributed by atoms with Gasteiger partial charge in [-0.25, -0.2) is 0 Å². The fourth-order valence-electron chi connectivity index (χ4n) is 1.52. The summed E-state index contributed by atoms with van der Waals surface area (Å²) >= 11 is 0. The third-order valence-electron chi connectivity index (χ3n) is 2.35. The Bertz CT molecular complexity index is 125. The molecule has 1 heterocycles. The number of aliphatic hydroxyl groups is 1. The lowest BCUT2D eigenvalue weighted by atomic mass is 10.5. The van der Waals surface area contributed by atoms with Crippen LogP contribution in [0.25, 0.3) is 0 Å². The number of nitrogens with zero attached hydrogens (tertiary/aromatic N) is 2. The molecule has 1 saturated heterocycles. The molecule has 10 heavy (non-hydrogen) atoms. The molecule has 0 bridgehead atoms. The molecule has 0 aromatic heterocycles. The standard InChI is InChI=1S/C7H14N2O/c10-6-8-3-4-9(5-8)7-1-2-7/h7,10H,1-6H2. The lowest BCUT2D eigenvalue weighted by Gasteiger charge is -2.14. The van der Waals surface area contributed by atoms with Gasteiger partial charge in [0.2, 0.25) is 0 Å². The van der Waals surface area contributed by atoms with Gasteiger partial charge in [-0.3, -0.25) is 9.80 Å². The predicted octanol–water partition coefficient (Wildman–Crippen LogP) is -0.326. The van der Waals surface area contributed by atoms with E-state index in [9.17, 15) is 0 Å². The highest BCUT2D eigenvalue weighted by Crippen LogP contribution is 2.28. The lowest BCUT2D eigenvalue weighted by Crippen LogP contribution is -2.27. The van der Waals surface area contributed by atoms with Gasteiger partial charge in [-0.2, -0.15) is 0 Å². The van der Waals surface area contributed by atoms with Crippen molar-refractivity contribution >= 4 is 0 Å². The van der Waals surface area contributed by atoms with E-state index in [1.165, 1.54) is 12.8 Å².